The Morgan fingerprint density at radius 2 is 2.05 bits per heavy atom. The molecule has 1 atom stereocenters. The molecule has 0 aliphatic carbocycles. The first-order valence-corrected chi connectivity index (χ1v) is 7.86. The van der Waals surface area contributed by atoms with Crippen LogP contribution in [0, 0.1) is 0 Å². The van der Waals surface area contributed by atoms with Crippen LogP contribution in [0.25, 0.3) is 0 Å². The quantitative estimate of drug-likeness (QED) is 0.866. The number of likely N-dealkylation sites (N-methyl/N-ethyl adjacent to an activating group) is 1. The Kier molecular flexibility index (Phi) is 5.64. The predicted molar refractivity (Wildman–Crippen MR) is 82.7 cm³/mol. The normalized spacial score (nSPS) is 21.8. The molecule has 1 aliphatic rings. The van der Waals surface area contributed by atoms with Crippen LogP contribution in [0.4, 0.5) is 0 Å². The summed E-state index contributed by atoms with van der Waals surface area (Å²) in [4.78, 5) is 5.03. The third-order valence-corrected chi connectivity index (χ3v) is 4.04. The highest BCUT2D eigenvalue weighted by Crippen LogP contribution is 2.15. The van der Waals surface area contributed by atoms with Crippen LogP contribution in [0.15, 0.2) is 16.5 Å². The molecule has 0 radical (unpaired) electrons. The van der Waals surface area contributed by atoms with E-state index in [0.717, 1.165) is 44.2 Å². The summed E-state index contributed by atoms with van der Waals surface area (Å²) in [6.45, 7) is 15.2. The third-order valence-electron chi connectivity index (χ3n) is 4.04. The van der Waals surface area contributed by atoms with E-state index in [4.69, 9.17) is 4.42 Å². The minimum absolute atomic E-state index is 0.492. The number of hydrogen-bond acceptors (Lipinski definition) is 4. The second kappa shape index (κ2) is 7.25. The number of hydrogen-bond donors (Lipinski definition) is 1. The molecule has 1 saturated heterocycles. The molecule has 1 aliphatic heterocycles. The largest absolute Gasteiger partial charge is 0.463 e. The Morgan fingerprint density at radius 3 is 2.70 bits per heavy atom. The second-order valence-corrected chi connectivity index (χ2v) is 6.12. The zero-order chi connectivity index (χ0) is 14.5. The first kappa shape index (κ1) is 15.5. The summed E-state index contributed by atoms with van der Waals surface area (Å²) in [5, 5.41) is 3.39. The van der Waals surface area contributed by atoms with Crippen LogP contribution in [0.5, 0.6) is 0 Å². The lowest BCUT2D eigenvalue weighted by Crippen LogP contribution is -2.51. The van der Waals surface area contributed by atoms with Crippen molar-refractivity contribution < 1.29 is 4.42 Å². The maximum Gasteiger partial charge on any atom is 0.118 e. The Labute approximate surface area is 123 Å². The second-order valence-electron chi connectivity index (χ2n) is 6.12. The van der Waals surface area contributed by atoms with Gasteiger partial charge in [0.1, 0.15) is 11.5 Å². The van der Waals surface area contributed by atoms with Gasteiger partial charge >= 0.3 is 0 Å². The van der Waals surface area contributed by atoms with Gasteiger partial charge in [0.25, 0.3) is 0 Å². The molecule has 1 unspecified atom stereocenters. The molecule has 1 fully saturated rings. The van der Waals surface area contributed by atoms with E-state index in [1.165, 1.54) is 6.54 Å². The van der Waals surface area contributed by atoms with Gasteiger partial charge in [0.2, 0.25) is 0 Å². The molecule has 4 nitrogen and oxygen atoms in total. The number of furan rings is 1. The van der Waals surface area contributed by atoms with Crippen LogP contribution >= 0.6 is 0 Å². The van der Waals surface area contributed by atoms with Crippen molar-refractivity contribution in [1.29, 1.82) is 0 Å². The van der Waals surface area contributed by atoms with Gasteiger partial charge in [-0.25, -0.2) is 0 Å². The Bertz CT molecular complexity index is 402. The van der Waals surface area contributed by atoms with E-state index >= 15 is 0 Å². The minimum atomic E-state index is 0.492. The van der Waals surface area contributed by atoms with Gasteiger partial charge in [-0.2, -0.15) is 0 Å². The lowest BCUT2D eigenvalue weighted by molar-refractivity contribution is 0.0786. The molecule has 1 N–H and O–H groups in total. The fraction of sp³-hybridized carbons (Fsp3) is 0.750. The van der Waals surface area contributed by atoms with Crippen LogP contribution in [-0.4, -0.2) is 48.1 Å². The predicted octanol–water partition coefficient (Wildman–Crippen LogP) is 2.30. The van der Waals surface area contributed by atoms with E-state index in [9.17, 15) is 0 Å². The molecule has 1 aromatic heterocycles. The van der Waals surface area contributed by atoms with Crippen molar-refractivity contribution in [2.75, 3.05) is 26.2 Å². The molecule has 20 heavy (non-hydrogen) atoms. The summed E-state index contributed by atoms with van der Waals surface area (Å²) >= 11 is 0. The molecule has 0 aromatic carbocycles. The summed E-state index contributed by atoms with van der Waals surface area (Å²) in [7, 11) is 0. The molecule has 0 spiro atoms. The van der Waals surface area contributed by atoms with Crippen molar-refractivity contribution >= 4 is 0 Å². The van der Waals surface area contributed by atoms with E-state index in [1.54, 1.807) is 0 Å². The van der Waals surface area contributed by atoms with Gasteiger partial charge in [-0.05, 0) is 25.6 Å². The van der Waals surface area contributed by atoms with Crippen molar-refractivity contribution in [1.82, 2.24) is 15.1 Å². The van der Waals surface area contributed by atoms with E-state index in [1.807, 2.05) is 0 Å². The molecule has 2 heterocycles. The van der Waals surface area contributed by atoms with E-state index < -0.39 is 0 Å². The van der Waals surface area contributed by atoms with E-state index in [0.29, 0.717) is 12.1 Å². The van der Waals surface area contributed by atoms with Crippen molar-refractivity contribution in [3.05, 3.63) is 23.7 Å². The lowest BCUT2D eigenvalue weighted by atomic mass is 10.2. The molecule has 4 heteroatoms. The smallest absolute Gasteiger partial charge is 0.118 e. The van der Waals surface area contributed by atoms with Gasteiger partial charge in [-0.15, -0.1) is 0 Å². The zero-order valence-corrected chi connectivity index (χ0v) is 13.4. The maximum absolute atomic E-state index is 5.91. The maximum atomic E-state index is 5.91. The lowest BCUT2D eigenvalue weighted by Gasteiger charge is -2.38. The van der Waals surface area contributed by atoms with Gasteiger partial charge in [0, 0.05) is 31.7 Å². The van der Waals surface area contributed by atoms with Gasteiger partial charge in [0.15, 0.2) is 0 Å². The summed E-state index contributed by atoms with van der Waals surface area (Å²) < 4.78 is 5.91. The van der Waals surface area contributed by atoms with E-state index in [2.05, 4.69) is 54.9 Å². The molecule has 1 aromatic rings. The summed E-state index contributed by atoms with van der Waals surface area (Å²) in [5.41, 5.74) is 0. The molecular weight excluding hydrogens is 250 g/mol. The molecule has 0 saturated carbocycles. The highest BCUT2D eigenvalue weighted by molar-refractivity contribution is 5.07. The summed E-state index contributed by atoms with van der Waals surface area (Å²) in [6, 6.07) is 5.35. The average molecular weight is 279 g/mol. The van der Waals surface area contributed by atoms with E-state index in [-0.39, 0.29) is 0 Å². The van der Waals surface area contributed by atoms with Crippen LogP contribution in [0.2, 0.25) is 0 Å². The topological polar surface area (TPSA) is 31.6 Å². The van der Waals surface area contributed by atoms with Crippen LogP contribution < -0.4 is 5.32 Å². The molecule has 0 amide bonds. The monoisotopic (exact) mass is 279 g/mol. The van der Waals surface area contributed by atoms with Gasteiger partial charge < -0.3 is 9.73 Å². The fourth-order valence-corrected chi connectivity index (χ4v) is 2.81. The Morgan fingerprint density at radius 1 is 1.30 bits per heavy atom. The Hall–Kier alpha value is -0.840. The van der Waals surface area contributed by atoms with Crippen molar-refractivity contribution in [3.63, 3.8) is 0 Å². The first-order valence-electron chi connectivity index (χ1n) is 7.86. The average Bonchev–Trinajstić information content (AvgIpc) is 2.84. The minimum Gasteiger partial charge on any atom is -0.463 e. The highest BCUT2D eigenvalue weighted by atomic mass is 16.3. The van der Waals surface area contributed by atoms with Gasteiger partial charge in [-0.1, -0.05) is 20.8 Å². The summed E-state index contributed by atoms with van der Waals surface area (Å²) in [5.74, 6) is 2.12. The van der Waals surface area contributed by atoms with Crippen LogP contribution in [0.3, 0.4) is 0 Å². The van der Waals surface area contributed by atoms with Crippen LogP contribution in [-0.2, 0) is 13.1 Å². The Balaban J connectivity index is 1.82. The third kappa shape index (κ3) is 4.33. The zero-order valence-electron chi connectivity index (χ0n) is 13.4. The standard InChI is InChI=1S/C16H29N3O/c1-5-19-9-8-18(11-14(19)4)12-16-7-6-15(20-16)10-17-13(2)3/h6-7,13-14,17H,5,8-12H2,1-4H3. The molecule has 114 valence electrons. The fourth-order valence-electron chi connectivity index (χ4n) is 2.81. The highest BCUT2D eigenvalue weighted by Gasteiger charge is 2.22. The number of piperazine rings is 1. The SMILES string of the molecule is CCN1CCN(Cc2ccc(CNC(C)C)o2)CC1C. The van der Waals surface area contributed by atoms with Crippen molar-refractivity contribution in [2.24, 2.45) is 0 Å². The first-order chi connectivity index (χ1) is 9.58. The van der Waals surface area contributed by atoms with Crippen molar-refractivity contribution in [2.45, 2.75) is 52.9 Å². The number of nitrogens with one attached hydrogen (secondary N) is 1. The molecular formula is C16H29N3O. The molecule has 2 rings (SSSR count). The van der Waals surface area contributed by atoms with Crippen molar-refractivity contribution in [3.8, 4) is 0 Å². The van der Waals surface area contributed by atoms with Crippen LogP contribution in [0.1, 0.15) is 39.2 Å². The molecule has 0 bridgehead atoms. The summed E-state index contributed by atoms with van der Waals surface area (Å²) in [6.07, 6.45) is 0. The van der Waals surface area contributed by atoms with Gasteiger partial charge in [0.05, 0.1) is 13.1 Å². The number of nitrogens with zero attached hydrogens (tertiary/aromatic N) is 2. The number of rotatable bonds is 6. The van der Waals surface area contributed by atoms with Gasteiger partial charge in [-0.3, -0.25) is 9.80 Å².